The van der Waals surface area contributed by atoms with Gasteiger partial charge in [-0.25, -0.2) is 0 Å². The molecule has 0 amide bonds. The molecule has 0 aliphatic carbocycles. The fraction of sp³-hybridized carbons (Fsp3) is 0.600. The maximum absolute atomic E-state index is 5.62. The van der Waals surface area contributed by atoms with Gasteiger partial charge >= 0.3 is 0 Å². The van der Waals surface area contributed by atoms with Gasteiger partial charge in [-0.3, -0.25) is 0 Å². The van der Waals surface area contributed by atoms with E-state index >= 15 is 0 Å². The molecule has 0 unspecified atom stereocenters. The van der Waals surface area contributed by atoms with Crippen LogP contribution in [0, 0.1) is 0 Å². The van der Waals surface area contributed by atoms with Crippen LogP contribution in [-0.4, -0.2) is 13.2 Å². The fourth-order valence-electron chi connectivity index (χ4n) is 1.57. The summed E-state index contributed by atoms with van der Waals surface area (Å²) in [5.41, 5.74) is 1.32. The molecule has 17 heavy (non-hydrogen) atoms. The average Bonchev–Trinajstić information content (AvgIpc) is 2.37. The van der Waals surface area contributed by atoms with Crippen molar-refractivity contribution in [2.75, 3.05) is 13.2 Å². The maximum Gasteiger partial charge on any atom is 0.119 e. The Bertz CT molecular complexity index is 281. The molecule has 0 fully saturated rings. The largest absolute Gasteiger partial charge is 0.494 e. The minimum Gasteiger partial charge on any atom is -0.494 e. The summed E-state index contributed by atoms with van der Waals surface area (Å²) >= 11 is 0. The number of nitrogens with one attached hydrogen (secondary N) is 1. The first kappa shape index (κ1) is 14.0. The molecule has 96 valence electrons. The highest BCUT2D eigenvalue weighted by Crippen LogP contribution is 2.12. The second kappa shape index (κ2) is 9.06. The fourth-order valence-corrected chi connectivity index (χ4v) is 1.57. The molecular formula is C15H25NO. The Morgan fingerprint density at radius 3 is 2.35 bits per heavy atom. The van der Waals surface area contributed by atoms with Crippen LogP contribution in [0.4, 0.5) is 0 Å². The third-order valence-electron chi connectivity index (χ3n) is 2.73. The van der Waals surface area contributed by atoms with Gasteiger partial charge in [0.05, 0.1) is 6.61 Å². The molecule has 1 aromatic carbocycles. The quantitative estimate of drug-likeness (QED) is 0.658. The summed E-state index contributed by atoms with van der Waals surface area (Å²) < 4.78 is 5.62. The summed E-state index contributed by atoms with van der Waals surface area (Å²) in [6, 6.07) is 8.40. The van der Waals surface area contributed by atoms with Crippen LogP contribution in [0.25, 0.3) is 0 Å². The van der Waals surface area contributed by atoms with Crippen LogP contribution < -0.4 is 10.1 Å². The monoisotopic (exact) mass is 235 g/mol. The molecule has 0 saturated carbocycles. The lowest BCUT2D eigenvalue weighted by molar-refractivity contribution is 0.309. The van der Waals surface area contributed by atoms with Crippen molar-refractivity contribution >= 4 is 0 Å². The van der Waals surface area contributed by atoms with E-state index < -0.39 is 0 Å². The van der Waals surface area contributed by atoms with E-state index in [1.165, 1.54) is 24.8 Å². The molecule has 0 saturated heterocycles. The van der Waals surface area contributed by atoms with Crippen LogP contribution in [0.5, 0.6) is 5.75 Å². The van der Waals surface area contributed by atoms with E-state index in [-0.39, 0.29) is 0 Å². The number of benzene rings is 1. The highest BCUT2D eigenvalue weighted by atomic mass is 16.5. The molecule has 0 bridgehead atoms. The van der Waals surface area contributed by atoms with E-state index in [1.54, 1.807) is 0 Å². The molecule has 2 nitrogen and oxygen atoms in total. The predicted molar refractivity (Wildman–Crippen MR) is 73.5 cm³/mol. The Hall–Kier alpha value is -1.02. The SMILES string of the molecule is CCCCNCc1ccc(OCCCC)cc1. The summed E-state index contributed by atoms with van der Waals surface area (Å²) in [6.07, 6.45) is 4.80. The molecule has 1 aromatic rings. The lowest BCUT2D eigenvalue weighted by atomic mass is 10.2. The zero-order valence-corrected chi connectivity index (χ0v) is 11.2. The Morgan fingerprint density at radius 2 is 1.71 bits per heavy atom. The van der Waals surface area contributed by atoms with Crippen LogP contribution in [0.2, 0.25) is 0 Å². The van der Waals surface area contributed by atoms with E-state index in [9.17, 15) is 0 Å². The van der Waals surface area contributed by atoms with Crippen molar-refractivity contribution < 1.29 is 4.74 Å². The second-order valence-corrected chi connectivity index (χ2v) is 4.38. The first-order valence-corrected chi connectivity index (χ1v) is 6.79. The summed E-state index contributed by atoms with van der Waals surface area (Å²) in [4.78, 5) is 0. The maximum atomic E-state index is 5.62. The zero-order valence-electron chi connectivity index (χ0n) is 11.2. The Morgan fingerprint density at radius 1 is 1.00 bits per heavy atom. The van der Waals surface area contributed by atoms with Crippen molar-refractivity contribution in [3.63, 3.8) is 0 Å². The normalized spacial score (nSPS) is 10.5. The number of unbranched alkanes of at least 4 members (excludes halogenated alkanes) is 2. The molecule has 1 N–H and O–H groups in total. The van der Waals surface area contributed by atoms with Gasteiger partial charge < -0.3 is 10.1 Å². The van der Waals surface area contributed by atoms with E-state index in [1.807, 2.05) is 0 Å². The molecular weight excluding hydrogens is 210 g/mol. The molecule has 0 aliphatic heterocycles. The minimum atomic E-state index is 0.824. The van der Waals surface area contributed by atoms with Gasteiger partial charge in [-0.1, -0.05) is 38.8 Å². The second-order valence-electron chi connectivity index (χ2n) is 4.38. The zero-order chi connectivity index (χ0) is 12.3. The topological polar surface area (TPSA) is 21.3 Å². The number of hydrogen-bond acceptors (Lipinski definition) is 2. The van der Waals surface area contributed by atoms with Gasteiger partial charge in [0.2, 0.25) is 0 Å². The van der Waals surface area contributed by atoms with Gasteiger partial charge in [-0.05, 0) is 37.1 Å². The van der Waals surface area contributed by atoms with Gasteiger partial charge in [0.1, 0.15) is 5.75 Å². The van der Waals surface area contributed by atoms with Crippen LogP contribution in [0.1, 0.15) is 45.1 Å². The van der Waals surface area contributed by atoms with Crippen LogP contribution in [0.3, 0.4) is 0 Å². The highest BCUT2D eigenvalue weighted by molar-refractivity contribution is 5.27. The Labute approximate surface area is 105 Å². The molecule has 0 aliphatic rings. The summed E-state index contributed by atoms with van der Waals surface area (Å²) in [7, 11) is 0. The van der Waals surface area contributed by atoms with E-state index in [0.29, 0.717) is 0 Å². The predicted octanol–water partition coefficient (Wildman–Crippen LogP) is 3.76. The summed E-state index contributed by atoms with van der Waals surface area (Å²) in [6.45, 7) is 7.27. The van der Waals surface area contributed by atoms with Gasteiger partial charge in [-0.15, -0.1) is 0 Å². The van der Waals surface area contributed by atoms with Crippen molar-refractivity contribution in [3.8, 4) is 5.75 Å². The third kappa shape index (κ3) is 6.32. The Kier molecular flexibility index (Phi) is 7.48. The van der Waals surface area contributed by atoms with Crippen LogP contribution in [0.15, 0.2) is 24.3 Å². The third-order valence-corrected chi connectivity index (χ3v) is 2.73. The van der Waals surface area contributed by atoms with Gasteiger partial charge in [0, 0.05) is 6.54 Å². The highest BCUT2D eigenvalue weighted by Gasteiger charge is 1.95. The molecule has 1 rings (SSSR count). The van der Waals surface area contributed by atoms with Gasteiger partial charge in [0.25, 0.3) is 0 Å². The minimum absolute atomic E-state index is 0.824. The lowest BCUT2D eigenvalue weighted by Crippen LogP contribution is -2.14. The van der Waals surface area contributed by atoms with Crippen molar-refractivity contribution in [2.24, 2.45) is 0 Å². The smallest absolute Gasteiger partial charge is 0.119 e. The van der Waals surface area contributed by atoms with Crippen molar-refractivity contribution in [1.29, 1.82) is 0 Å². The van der Waals surface area contributed by atoms with E-state index in [2.05, 4.69) is 43.4 Å². The molecule has 0 aromatic heterocycles. The molecule has 0 spiro atoms. The number of rotatable bonds is 9. The van der Waals surface area contributed by atoms with Crippen molar-refractivity contribution in [3.05, 3.63) is 29.8 Å². The summed E-state index contributed by atoms with van der Waals surface area (Å²) in [5.74, 6) is 0.982. The van der Waals surface area contributed by atoms with Gasteiger partial charge in [0.15, 0.2) is 0 Å². The average molecular weight is 235 g/mol. The lowest BCUT2D eigenvalue weighted by Gasteiger charge is -2.07. The van der Waals surface area contributed by atoms with E-state index in [4.69, 9.17) is 4.74 Å². The van der Waals surface area contributed by atoms with Crippen molar-refractivity contribution in [1.82, 2.24) is 5.32 Å². The first-order valence-electron chi connectivity index (χ1n) is 6.79. The van der Waals surface area contributed by atoms with Crippen molar-refractivity contribution in [2.45, 2.75) is 46.1 Å². The number of ether oxygens (including phenoxy) is 1. The Balaban J connectivity index is 2.24. The van der Waals surface area contributed by atoms with Crippen LogP contribution in [-0.2, 0) is 6.54 Å². The number of hydrogen-bond donors (Lipinski definition) is 1. The van der Waals surface area contributed by atoms with Gasteiger partial charge in [-0.2, -0.15) is 0 Å². The van der Waals surface area contributed by atoms with Crippen LogP contribution >= 0.6 is 0 Å². The summed E-state index contributed by atoms with van der Waals surface area (Å²) in [5, 5.41) is 3.43. The molecule has 0 heterocycles. The molecule has 2 heteroatoms. The first-order chi connectivity index (χ1) is 8.36. The molecule has 0 atom stereocenters. The van der Waals surface area contributed by atoms with E-state index in [0.717, 1.165) is 31.9 Å². The molecule has 0 radical (unpaired) electrons. The standard InChI is InChI=1S/C15H25NO/c1-3-5-11-16-13-14-7-9-15(10-8-14)17-12-6-4-2/h7-10,16H,3-6,11-13H2,1-2H3.